The highest BCUT2D eigenvalue weighted by molar-refractivity contribution is 7.20. The number of rotatable bonds is 3. The lowest BCUT2D eigenvalue weighted by atomic mass is 10.0. The Kier molecular flexibility index (Phi) is 22.6. The first-order valence-electron chi connectivity index (χ1n) is 17.6. The molecule has 0 saturated carbocycles. The minimum atomic E-state index is -2.28. The van der Waals surface area contributed by atoms with Crippen LogP contribution in [0, 0.1) is 6.92 Å². The second-order valence-electron chi connectivity index (χ2n) is 9.25. The fraction of sp³-hybridized carbons (Fsp3) is 0.318. The second-order valence-corrected chi connectivity index (χ2v) is 13.0. The summed E-state index contributed by atoms with van der Waals surface area (Å²) in [5.41, 5.74) is 5.81. The molecule has 0 aliphatic carbocycles. The molecule has 1 heteroatoms. The van der Waals surface area contributed by atoms with Crippen molar-refractivity contribution < 1.29 is 0 Å². The maximum atomic E-state index is 2.37. The molecule has 5 aromatic carbocycles. The van der Waals surface area contributed by atoms with Crippen LogP contribution in [0.1, 0.15) is 98.4 Å². The van der Waals surface area contributed by atoms with Crippen molar-refractivity contribution in [3.05, 3.63) is 156 Å². The minimum Gasteiger partial charge on any atom is -0.0683 e. The lowest BCUT2D eigenvalue weighted by Gasteiger charge is -2.40. The standard InChI is InChI=1S/C25H20Si.C9H12.5C2H6/c1-3-13-22(14-4-1)26(23-15-5-2-6-16-23)24-17-9-7-11-20(24)19-21-12-8-10-18-25(21)26;1-3-9-7-5-4-6-8(9)2;5*1-2/h1-18H,19H2;4-7H,3H2,1-2H3;5*1-2H3. The quantitative estimate of drug-likeness (QED) is 0.173. The smallest absolute Gasteiger partial charge is 0.0683 e. The molecule has 0 nitrogen and oxygen atoms in total. The van der Waals surface area contributed by atoms with E-state index in [1.807, 2.05) is 69.2 Å². The van der Waals surface area contributed by atoms with E-state index in [9.17, 15) is 0 Å². The molecule has 45 heavy (non-hydrogen) atoms. The summed E-state index contributed by atoms with van der Waals surface area (Å²) < 4.78 is 0. The van der Waals surface area contributed by atoms with Crippen molar-refractivity contribution in [2.75, 3.05) is 0 Å². The number of hydrogen-bond acceptors (Lipinski definition) is 0. The number of benzene rings is 5. The van der Waals surface area contributed by atoms with Gasteiger partial charge in [0.15, 0.2) is 8.07 Å². The Labute approximate surface area is 279 Å². The number of fused-ring (bicyclic) bond motifs is 2. The molecule has 0 bridgehead atoms. The van der Waals surface area contributed by atoms with Gasteiger partial charge < -0.3 is 0 Å². The van der Waals surface area contributed by atoms with Gasteiger partial charge in [-0.15, -0.1) is 0 Å². The minimum absolute atomic E-state index is 1.03. The normalized spacial score (nSPS) is 10.8. The molecule has 0 amide bonds. The van der Waals surface area contributed by atoms with Crippen LogP contribution < -0.4 is 20.7 Å². The molecule has 0 aromatic heterocycles. The van der Waals surface area contributed by atoms with Crippen LogP contribution in [0.25, 0.3) is 0 Å². The van der Waals surface area contributed by atoms with Crippen LogP contribution in [0.2, 0.25) is 0 Å². The van der Waals surface area contributed by atoms with Gasteiger partial charge in [0, 0.05) is 0 Å². The highest BCUT2D eigenvalue weighted by atomic mass is 28.3. The second kappa shape index (κ2) is 24.6. The molecular formula is C44H62Si. The summed E-state index contributed by atoms with van der Waals surface area (Å²) >= 11 is 0. The molecule has 0 N–H and O–H groups in total. The van der Waals surface area contributed by atoms with E-state index in [0.29, 0.717) is 0 Å². The molecule has 5 aromatic rings. The van der Waals surface area contributed by atoms with Crippen LogP contribution >= 0.6 is 0 Å². The van der Waals surface area contributed by atoms with Crippen LogP contribution in [-0.4, -0.2) is 8.07 Å². The van der Waals surface area contributed by atoms with Gasteiger partial charge in [-0.3, -0.25) is 0 Å². The molecular weight excluding hydrogens is 557 g/mol. The van der Waals surface area contributed by atoms with Gasteiger partial charge >= 0.3 is 0 Å². The highest BCUT2D eigenvalue weighted by Crippen LogP contribution is 2.20. The van der Waals surface area contributed by atoms with Crippen molar-refractivity contribution in [1.29, 1.82) is 0 Å². The van der Waals surface area contributed by atoms with Gasteiger partial charge in [0.25, 0.3) is 0 Å². The van der Waals surface area contributed by atoms with Gasteiger partial charge in [-0.2, -0.15) is 0 Å². The lowest BCUT2D eigenvalue weighted by Crippen LogP contribution is -2.77. The van der Waals surface area contributed by atoms with Crippen LogP contribution in [0.15, 0.2) is 133 Å². The summed E-state index contributed by atoms with van der Waals surface area (Å²) in [6.45, 7) is 24.3. The van der Waals surface area contributed by atoms with Crippen LogP contribution in [0.4, 0.5) is 0 Å². The van der Waals surface area contributed by atoms with E-state index in [2.05, 4.69) is 147 Å². The zero-order valence-electron chi connectivity index (χ0n) is 30.6. The van der Waals surface area contributed by atoms with Gasteiger partial charge in [0.1, 0.15) is 0 Å². The lowest BCUT2D eigenvalue weighted by molar-refractivity contribution is 1.11. The molecule has 1 heterocycles. The van der Waals surface area contributed by atoms with Crippen molar-refractivity contribution in [2.45, 2.75) is 95.9 Å². The number of hydrogen-bond donors (Lipinski definition) is 0. The van der Waals surface area contributed by atoms with Gasteiger partial charge in [0.2, 0.25) is 0 Å². The predicted octanol–water partition coefficient (Wildman–Crippen LogP) is 10.7. The topological polar surface area (TPSA) is 0 Å². The molecule has 1 aliphatic heterocycles. The summed E-state index contributed by atoms with van der Waals surface area (Å²) in [6, 6.07) is 49.0. The summed E-state index contributed by atoms with van der Waals surface area (Å²) in [6.07, 6.45) is 2.17. The molecule has 0 spiro atoms. The van der Waals surface area contributed by atoms with E-state index in [4.69, 9.17) is 0 Å². The average Bonchev–Trinajstić information content (AvgIpc) is 3.16. The SMILES string of the molecule is CC.CC.CC.CC.CC.CCc1ccccc1C.c1ccc([Si]2(c3ccccc3)c3ccccc3Cc3ccccc32)cc1. The first-order chi connectivity index (χ1) is 22.2. The monoisotopic (exact) mass is 618 g/mol. The van der Waals surface area contributed by atoms with Gasteiger partial charge in [-0.05, 0) is 62.8 Å². The van der Waals surface area contributed by atoms with Crippen LogP contribution in [0.3, 0.4) is 0 Å². The summed E-state index contributed by atoms with van der Waals surface area (Å²) in [5.74, 6) is 0. The zero-order chi connectivity index (χ0) is 34.1. The zero-order valence-corrected chi connectivity index (χ0v) is 31.6. The number of aryl methyl sites for hydroxylation is 2. The molecule has 6 rings (SSSR count). The van der Waals surface area contributed by atoms with Gasteiger partial charge in [-0.25, -0.2) is 0 Å². The Morgan fingerprint density at radius 1 is 0.422 bits per heavy atom. The maximum Gasteiger partial charge on any atom is 0.180 e. The van der Waals surface area contributed by atoms with Crippen molar-refractivity contribution >= 4 is 28.8 Å². The maximum absolute atomic E-state index is 2.37. The van der Waals surface area contributed by atoms with E-state index >= 15 is 0 Å². The third-order valence-electron chi connectivity index (χ3n) is 7.28. The molecule has 0 saturated heterocycles. The largest absolute Gasteiger partial charge is 0.180 e. The van der Waals surface area contributed by atoms with Crippen molar-refractivity contribution in [2.24, 2.45) is 0 Å². The first-order valence-corrected chi connectivity index (χ1v) is 19.6. The van der Waals surface area contributed by atoms with E-state index in [1.165, 1.54) is 43.0 Å². The molecule has 0 unspecified atom stereocenters. The fourth-order valence-electron chi connectivity index (χ4n) is 5.60. The summed E-state index contributed by atoms with van der Waals surface area (Å²) in [5, 5.41) is 6.00. The third-order valence-corrected chi connectivity index (χ3v) is 12.3. The molecule has 0 radical (unpaired) electrons. The first kappa shape index (κ1) is 41.3. The summed E-state index contributed by atoms with van der Waals surface area (Å²) in [4.78, 5) is 0. The average molecular weight is 619 g/mol. The predicted molar refractivity (Wildman–Crippen MR) is 210 cm³/mol. The Hall–Kier alpha value is -3.68. The highest BCUT2D eigenvalue weighted by Gasteiger charge is 2.45. The van der Waals surface area contributed by atoms with E-state index in [0.717, 1.165) is 12.8 Å². The fourth-order valence-corrected chi connectivity index (χ4v) is 10.9. The Balaban J connectivity index is 0.000000856. The Morgan fingerprint density at radius 3 is 1.11 bits per heavy atom. The molecule has 1 aliphatic rings. The summed E-state index contributed by atoms with van der Waals surface area (Å²) in [7, 11) is -2.28. The van der Waals surface area contributed by atoms with Crippen LogP contribution in [-0.2, 0) is 12.8 Å². The molecule has 242 valence electrons. The Morgan fingerprint density at radius 2 is 0.756 bits per heavy atom. The molecule has 0 fully saturated rings. The van der Waals surface area contributed by atoms with E-state index in [1.54, 1.807) is 0 Å². The molecule has 0 atom stereocenters. The van der Waals surface area contributed by atoms with Crippen LogP contribution in [0.5, 0.6) is 0 Å². The van der Waals surface area contributed by atoms with E-state index in [-0.39, 0.29) is 0 Å². The van der Waals surface area contributed by atoms with Crippen molar-refractivity contribution in [3.8, 4) is 0 Å². The van der Waals surface area contributed by atoms with E-state index < -0.39 is 8.07 Å². The van der Waals surface area contributed by atoms with Gasteiger partial charge in [0.05, 0.1) is 0 Å². The van der Waals surface area contributed by atoms with Crippen molar-refractivity contribution in [1.82, 2.24) is 0 Å². The van der Waals surface area contributed by atoms with Crippen molar-refractivity contribution in [3.63, 3.8) is 0 Å². The Bertz CT molecular complexity index is 1320. The third kappa shape index (κ3) is 10.4. The van der Waals surface area contributed by atoms with Gasteiger partial charge in [-0.1, -0.05) is 210 Å².